The molecule has 1 amide bonds. The van der Waals surface area contributed by atoms with Crippen LogP contribution >= 0.6 is 24.0 Å². The van der Waals surface area contributed by atoms with Gasteiger partial charge in [-0.2, -0.15) is 0 Å². The van der Waals surface area contributed by atoms with Crippen molar-refractivity contribution in [2.24, 2.45) is 4.99 Å². The average Bonchev–Trinajstić information content (AvgIpc) is 2.58. The van der Waals surface area contributed by atoms with Crippen LogP contribution in [0.15, 0.2) is 4.99 Å². The molecule has 8 heteroatoms. The van der Waals surface area contributed by atoms with E-state index >= 15 is 0 Å². The maximum Gasteiger partial charge on any atom is 0.221 e. The number of nitrogens with zero attached hydrogens (tertiary/aromatic N) is 2. The number of ether oxygens (including phenoxy) is 1. The van der Waals surface area contributed by atoms with E-state index in [0.717, 1.165) is 58.3 Å². The first-order valence-corrected chi connectivity index (χ1v) is 8.78. The van der Waals surface area contributed by atoms with E-state index in [9.17, 15) is 4.79 Å². The van der Waals surface area contributed by atoms with Crippen molar-refractivity contribution in [2.75, 3.05) is 52.5 Å². The lowest BCUT2D eigenvalue weighted by molar-refractivity contribution is -0.120. The van der Waals surface area contributed by atoms with Gasteiger partial charge in [0.1, 0.15) is 0 Å². The van der Waals surface area contributed by atoms with Gasteiger partial charge in [-0.25, -0.2) is 0 Å². The van der Waals surface area contributed by atoms with E-state index in [0.29, 0.717) is 19.0 Å². The summed E-state index contributed by atoms with van der Waals surface area (Å²) in [4.78, 5) is 18.6. The van der Waals surface area contributed by atoms with E-state index in [2.05, 4.69) is 32.8 Å². The number of carbonyl (C=O) groups is 1. The number of guanidine groups is 1. The predicted molar refractivity (Wildman–Crippen MR) is 109 cm³/mol. The van der Waals surface area contributed by atoms with Crippen molar-refractivity contribution in [3.63, 3.8) is 0 Å². The lowest BCUT2D eigenvalue weighted by atomic mass is 10.2. The summed E-state index contributed by atoms with van der Waals surface area (Å²) >= 11 is 0. The topological polar surface area (TPSA) is 78.0 Å². The van der Waals surface area contributed by atoms with Gasteiger partial charge in [0.2, 0.25) is 5.91 Å². The summed E-state index contributed by atoms with van der Waals surface area (Å²) in [5, 5.41) is 9.32. The predicted octanol–water partition coefficient (Wildman–Crippen LogP) is 0.797. The molecule has 142 valence electrons. The Morgan fingerprint density at radius 2 is 1.88 bits per heavy atom. The SMILES string of the molecule is CCCNC(=O)CCNC(=NCC(C)N1CCOCC1)NCC.I. The Labute approximate surface area is 163 Å². The molecule has 0 aromatic carbocycles. The molecule has 1 aliphatic heterocycles. The van der Waals surface area contributed by atoms with Crippen LogP contribution in [0.5, 0.6) is 0 Å². The van der Waals surface area contributed by atoms with Gasteiger partial charge in [-0.05, 0) is 20.3 Å². The standard InChI is InChI=1S/C16H33N5O2.HI/c1-4-7-18-15(22)6-8-19-16(17-5-2)20-13-14(3)21-9-11-23-12-10-21;/h14H,4-13H2,1-3H3,(H,18,22)(H2,17,19,20);1H. The maximum absolute atomic E-state index is 11.6. The minimum Gasteiger partial charge on any atom is -0.379 e. The van der Waals surface area contributed by atoms with Crippen LogP contribution in [0.25, 0.3) is 0 Å². The van der Waals surface area contributed by atoms with E-state index in [1.807, 2.05) is 13.8 Å². The Morgan fingerprint density at radius 1 is 1.17 bits per heavy atom. The van der Waals surface area contributed by atoms with Gasteiger partial charge in [-0.3, -0.25) is 14.7 Å². The molecule has 0 aliphatic carbocycles. The zero-order valence-corrected chi connectivity index (χ0v) is 17.6. The third-order valence-corrected chi connectivity index (χ3v) is 3.74. The van der Waals surface area contributed by atoms with Crippen LogP contribution in [0.2, 0.25) is 0 Å². The lowest BCUT2D eigenvalue weighted by Crippen LogP contribution is -2.44. The highest BCUT2D eigenvalue weighted by atomic mass is 127. The van der Waals surface area contributed by atoms with Crippen LogP contribution < -0.4 is 16.0 Å². The minimum absolute atomic E-state index is 0. The Balaban J connectivity index is 0.00000529. The Hall–Kier alpha value is -0.610. The summed E-state index contributed by atoms with van der Waals surface area (Å²) in [7, 11) is 0. The molecule has 0 bridgehead atoms. The van der Waals surface area contributed by atoms with Crippen LogP contribution in [0.3, 0.4) is 0 Å². The second kappa shape index (κ2) is 14.7. The molecule has 1 fully saturated rings. The van der Waals surface area contributed by atoms with Crippen molar-refractivity contribution in [2.45, 2.75) is 39.7 Å². The van der Waals surface area contributed by atoms with Crippen LogP contribution in [0.1, 0.15) is 33.6 Å². The van der Waals surface area contributed by atoms with Gasteiger partial charge in [0.25, 0.3) is 0 Å². The average molecular weight is 455 g/mol. The Bertz CT molecular complexity index is 362. The second-order valence-corrected chi connectivity index (χ2v) is 5.74. The fourth-order valence-electron chi connectivity index (χ4n) is 2.35. The number of aliphatic imine (C=N–C) groups is 1. The number of hydrogen-bond acceptors (Lipinski definition) is 4. The molecule has 0 spiro atoms. The van der Waals surface area contributed by atoms with Gasteiger partial charge in [-0.1, -0.05) is 6.92 Å². The van der Waals surface area contributed by atoms with Crippen molar-refractivity contribution >= 4 is 35.8 Å². The monoisotopic (exact) mass is 455 g/mol. The largest absolute Gasteiger partial charge is 0.379 e. The first kappa shape index (κ1) is 23.4. The van der Waals surface area contributed by atoms with E-state index in [1.54, 1.807) is 0 Å². The van der Waals surface area contributed by atoms with E-state index in [1.165, 1.54) is 0 Å². The second-order valence-electron chi connectivity index (χ2n) is 5.74. The number of halogens is 1. The van der Waals surface area contributed by atoms with Gasteiger partial charge >= 0.3 is 0 Å². The maximum atomic E-state index is 11.6. The van der Waals surface area contributed by atoms with Gasteiger partial charge in [-0.15, -0.1) is 24.0 Å². The van der Waals surface area contributed by atoms with Gasteiger partial charge in [0.05, 0.1) is 19.8 Å². The molecule has 1 rings (SSSR count). The highest BCUT2D eigenvalue weighted by Gasteiger charge is 2.16. The highest BCUT2D eigenvalue weighted by molar-refractivity contribution is 14.0. The van der Waals surface area contributed by atoms with Gasteiger partial charge in [0.15, 0.2) is 5.96 Å². The fourth-order valence-corrected chi connectivity index (χ4v) is 2.35. The third kappa shape index (κ3) is 10.3. The van der Waals surface area contributed by atoms with Crippen molar-refractivity contribution in [1.29, 1.82) is 0 Å². The van der Waals surface area contributed by atoms with Crippen LogP contribution in [-0.4, -0.2) is 75.3 Å². The quantitative estimate of drug-likeness (QED) is 0.272. The van der Waals surface area contributed by atoms with Gasteiger partial charge in [0, 0.05) is 45.2 Å². The Morgan fingerprint density at radius 3 is 2.50 bits per heavy atom. The smallest absolute Gasteiger partial charge is 0.221 e. The zero-order valence-electron chi connectivity index (χ0n) is 15.3. The van der Waals surface area contributed by atoms with E-state index in [-0.39, 0.29) is 29.9 Å². The molecule has 0 aromatic rings. The van der Waals surface area contributed by atoms with Crippen LogP contribution in [0, 0.1) is 0 Å². The number of morpholine rings is 1. The minimum atomic E-state index is 0. The van der Waals surface area contributed by atoms with Crippen molar-refractivity contribution in [1.82, 2.24) is 20.9 Å². The number of nitrogens with one attached hydrogen (secondary N) is 3. The molecule has 24 heavy (non-hydrogen) atoms. The zero-order chi connectivity index (χ0) is 16.9. The van der Waals surface area contributed by atoms with Gasteiger partial charge < -0.3 is 20.7 Å². The number of hydrogen-bond donors (Lipinski definition) is 3. The highest BCUT2D eigenvalue weighted by Crippen LogP contribution is 2.03. The molecule has 0 aromatic heterocycles. The Kier molecular flexibility index (Phi) is 14.3. The summed E-state index contributed by atoms with van der Waals surface area (Å²) in [5.41, 5.74) is 0. The van der Waals surface area contributed by atoms with Crippen LogP contribution in [0.4, 0.5) is 0 Å². The van der Waals surface area contributed by atoms with Crippen molar-refractivity contribution in [3.05, 3.63) is 0 Å². The normalized spacial score (nSPS) is 16.9. The van der Waals surface area contributed by atoms with E-state index < -0.39 is 0 Å². The number of rotatable bonds is 9. The fraction of sp³-hybridized carbons (Fsp3) is 0.875. The first-order chi connectivity index (χ1) is 11.2. The number of carbonyl (C=O) groups excluding carboxylic acids is 1. The summed E-state index contributed by atoms with van der Waals surface area (Å²) in [6.07, 6.45) is 1.42. The molecular formula is C16H34IN5O2. The summed E-state index contributed by atoms with van der Waals surface area (Å²) in [5.74, 6) is 0.854. The van der Waals surface area contributed by atoms with Crippen molar-refractivity contribution < 1.29 is 9.53 Å². The molecule has 1 atom stereocenters. The molecule has 7 nitrogen and oxygen atoms in total. The molecule has 0 radical (unpaired) electrons. The first-order valence-electron chi connectivity index (χ1n) is 8.78. The summed E-state index contributed by atoms with van der Waals surface area (Å²) < 4.78 is 5.38. The van der Waals surface area contributed by atoms with E-state index in [4.69, 9.17) is 4.74 Å². The molecular weight excluding hydrogens is 421 g/mol. The van der Waals surface area contributed by atoms with Crippen molar-refractivity contribution in [3.8, 4) is 0 Å². The molecule has 1 unspecified atom stereocenters. The molecule has 3 N–H and O–H groups in total. The number of amides is 1. The summed E-state index contributed by atoms with van der Waals surface area (Å²) in [6, 6.07) is 0.391. The molecule has 1 heterocycles. The molecule has 1 saturated heterocycles. The molecule has 1 aliphatic rings. The van der Waals surface area contributed by atoms with Crippen LogP contribution in [-0.2, 0) is 9.53 Å². The molecule has 0 saturated carbocycles. The summed E-state index contributed by atoms with van der Waals surface area (Å²) in [6.45, 7) is 12.7. The lowest BCUT2D eigenvalue weighted by Gasteiger charge is -2.31. The third-order valence-electron chi connectivity index (χ3n) is 3.74.